The van der Waals surface area contributed by atoms with Gasteiger partial charge in [0.05, 0.1) is 11.5 Å². The molecule has 9 nitrogen and oxygen atoms in total. The van der Waals surface area contributed by atoms with Crippen molar-refractivity contribution >= 4 is 38.1 Å². The number of amides is 1. The Kier molecular flexibility index (Phi) is 6.24. The normalized spacial score (nSPS) is 16.1. The lowest BCUT2D eigenvalue weighted by Crippen LogP contribution is -2.52. The van der Waals surface area contributed by atoms with Crippen molar-refractivity contribution in [1.82, 2.24) is 15.2 Å². The first kappa shape index (κ1) is 22.8. The van der Waals surface area contributed by atoms with Crippen LogP contribution in [0.2, 0.25) is 0 Å². The first-order valence-electron chi connectivity index (χ1n) is 11.3. The van der Waals surface area contributed by atoms with Gasteiger partial charge in [0.15, 0.2) is 0 Å². The smallest absolute Gasteiger partial charge is 0.256 e. The van der Waals surface area contributed by atoms with Crippen molar-refractivity contribution in [3.8, 4) is 0 Å². The van der Waals surface area contributed by atoms with Gasteiger partial charge in [-0.05, 0) is 35.9 Å². The zero-order valence-electron chi connectivity index (χ0n) is 18.6. The maximum Gasteiger partial charge on any atom is 0.256 e. The van der Waals surface area contributed by atoms with Crippen LogP contribution in [-0.4, -0.2) is 63.8 Å². The number of rotatable bonds is 8. The predicted molar refractivity (Wildman–Crippen MR) is 131 cm³/mol. The molecule has 0 bridgehead atoms. The molecule has 0 saturated carbocycles. The maximum absolute atomic E-state index is 12.8. The monoisotopic (exact) mass is 481 g/mol. The number of benzene rings is 3. The number of aliphatic hydroxyl groups is 1. The molecule has 1 saturated heterocycles. The molecule has 2 aliphatic rings. The third kappa shape index (κ3) is 4.38. The molecule has 1 fully saturated rings. The van der Waals surface area contributed by atoms with E-state index in [2.05, 4.69) is 15.5 Å². The predicted octanol–water partition coefficient (Wildman–Crippen LogP) is 1.50. The Hall–Kier alpha value is -3.02. The Labute approximate surface area is 198 Å². The molecule has 2 heterocycles. The average molecular weight is 482 g/mol. The van der Waals surface area contributed by atoms with E-state index in [-0.39, 0.29) is 17.4 Å². The number of hydrogen-bond donors (Lipinski definition) is 4. The van der Waals surface area contributed by atoms with E-state index < -0.39 is 10.0 Å². The van der Waals surface area contributed by atoms with Gasteiger partial charge >= 0.3 is 0 Å². The van der Waals surface area contributed by atoms with Gasteiger partial charge in [-0.25, -0.2) is 13.4 Å². The van der Waals surface area contributed by atoms with Crippen LogP contribution in [0.4, 0.5) is 11.4 Å². The molecule has 178 valence electrons. The average Bonchev–Trinajstić information content (AvgIpc) is 3.17. The summed E-state index contributed by atoms with van der Waals surface area (Å²) < 4.78 is 25.5. The van der Waals surface area contributed by atoms with Crippen LogP contribution >= 0.6 is 0 Å². The number of carbonyl (C=O) groups excluding carboxylic acids is 1. The minimum absolute atomic E-state index is 0.0405. The SMILES string of the molecule is O=C1Nc2ccc(N(CCO)Cc3ccc(S(=O)(=O)NN4CCNCC4)cc3)c3cccc1c23. The molecule has 4 N–H and O–H groups in total. The van der Waals surface area contributed by atoms with E-state index in [0.717, 1.165) is 40.8 Å². The summed E-state index contributed by atoms with van der Waals surface area (Å²) in [4.78, 5) is 17.1. The van der Waals surface area contributed by atoms with E-state index >= 15 is 0 Å². The van der Waals surface area contributed by atoms with Gasteiger partial charge in [0.25, 0.3) is 15.9 Å². The second-order valence-electron chi connectivity index (χ2n) is 8.44. The third-order valence-electron chi connectivity index (χ3n) is 6.19. The van der Waals surface area contributed by atoms with Crippen LogP contribution in [0.15, 0.2) is 59.5 Å². The minimum Gasteiger partial charge on any atom is -0.395 e. The molecule has 0 aromatic heterocycles. The summed E-state index contributed by atoms with van der Waals surface area (Å²) in [6.45, 7) is 3.54. The molecule has 0 atom stereocenters. The summed E-state index contributed by atoms with van der Waals surface area (Å²) in [6, 6.07) is 16.3. The summed E-state index contributed by atoms with van der Waals surface area (Å²) in [5.74, 6) is -0.113. The number of piperazine rings is 1. The third-order valence-corrected chi connectivity index (χ3v) is 7.59. The van der Waals surface area contributed by atoms with E-state index in [0.29, 0.717) is 31.7 Å². The number of sulfonamides is 1. The van der Waals surface area contributed by atoms with Crippen molar-refractivity contribution in [3.05, 3.63) is 65.7 Å². The highest BCUT2D eigenvalue weighted by Gasteiger charge is 2.24. The van der Waals surface area contributed by atoms with Gasteiger partial charge < -0.3 is 20.6 Å². The summed E-state index contributed by atoms with van der Waals surface area (Å²) >= 11 is 0. The van der Waals surface area contributed by atoms with Gasteiger partial charge in [0.2, 0.25) is 0 Å². The van der Waals surface area contributed by atoms with E-state index in [4.69, 9.17) is 0 Å². The lowest BCUT2D eigenvalue weighted by Gasteiger charge is -2.27. The Morgan fingerprint density at radius 1 is 1.03 bits per heavy atom. The lowest BCUT2D eigenvalue weighted by molar-refractivity contribution is 0.103. The Bertz CT molecular complexity index is 1320. The molecular formula is C24H27N5O4S. The fraction of sp³-hybridized carbons (Fsp3) is 0.292. The van der Waals surface area contributed by atoms with Crippen LogP contribution in [0.3, 0.4) is 0 Å². The Morgan fingerprint density at radius 2 is 1.79 bits per heavy atom. The van der Waals surface area contributed by atoms with Crippen molar-refractivity contribution in [2.24, 2.45) is 0 Å². The Balaban J connectivity index is 1.39. The fourth-order valence-electron chi connectivity index (χ4n) is 4.53. The first-order chi connectivity index (χ1) is 16.5. The van der Waals surface area contributed by atoms with Gasteiger partial charge in [-0.15, -0.1) is 4.83 Å². The number of carbonyl (C=O) groups is 1. The van der Waals surface area contributed by atoms with Crippen LogP contribution in [0.5, 0.6) is 0 Å². The largest absolute Gasteiger partial charge is 0.395 e. The summed E-state index contributed by atoms with van der Waals surface area (Å²) in [6.07, 6.45) is 0. The number of anilines is 2. The van der Waals surface area contributed by atoms with Gasteiger partial charge in [0, 0.05) is 67.0 Å². The van der Waals surface area contributed by atoms with Gasteiger partial charge in [0.1, 0.15) is 0 Å². The number of nitrogens with one attached hydrogen (secondary N) is 3. The fourth-order valence-corrected chi connectivity index (χ4v) is 5.65. The van der Waals surface area contributed by atoms with Gasteiger partial charge in [-0.2, -0.15) is 0 Å². The van der Waals surface area contributed by atoms with Crippen molar-refractivity contribution in [2.45, 2.75) is 11.4 Å². The second-order valence-corrected chi connectivity index (χ2v) is 10.1. The second kappa shape index (κ2) is 9.32. The maximum atomic E-state index is 12.8. The van der Waals surface area contributed by atoms with Gasteiger partial charge in [-0.3, -0.25) is 4.79 Å². The quantitative estimate of drug-likeness (QED) is 0.386. The standard InChI is InChI=1S/C24H27N5O4S/c30-15-14-28(22-9-8-21-23-19(22)2-1-3-20(23)24(31)26-21)16-17-4-6-18(7-5-17)34(32,33)27-29-12-10-25-11-13-29/h1-9,25,27,30H,10-16H2,(H,26,31). The van der Waals surface area contributed by atoms with Crippen LogP contribution < -0.4 is 20.4 Å². The number of hydrogen-bond acceptors (Lipinski definition) is 7. The molecular weight excluding hydrogens is 454 g/mol. The molecule has 10 heteroatoms. The lowest BCUT2D eigenvalue weighted by atomic mass is 10.0. The molecule has 0 radical (unpaired) electrons. The molecule has 5 rings (SSSR count). The number of hydrazine groups is 1. The van der Waals surface area contributed by atoms with Crippen molar-refractivity contribution < 1.29 is 18.3 Å². The zero-order chi connectivity index (χ0) is 23.7. The molecule has 0 aliphatic carbocycles. The highest BCUT2D eigenvalue weighted by atomic mass is 32.2. The number of aliphatic hydroxyl groups excluding tert-OH is 1. The van der Waals surface area contributed by atoms with Crippen LogP contribution in [0.1, 0.15) is 15.9 Å². The van der Waals surface area contributed by atoms with E-state index in [1.54, 1.807) is 29.3 Å². The van der Waals surface area contributed by atoms with E-state index in [9.17, 15) is 18.3 Å². The van der Waals surface area contributed by atoms with Crippen LogP contribution in [0.25, 0.3) is 10.8 Å². The molecule has 0 spiro atoms. The Morgan fingerprint density at radius 3 is 2.53 bits per heavy atom. The molecule has 3 aromatic carbocycles. The van der Waals surface area contributed by atoms with Crippen molar-refractivity contribution in [1.29, 1.82) is 0 Å². The van der Waals surface area contributed by atoms with Crippen molar-refractivity contribution in [3.63, 3.8) is 0 Å². The van der Waals surface area contributed by atoms with Gasteiger partial charge in [-0.1, -0.05) is 24.3 Å². The number of nitrogens with zero attached hydrogens (tertiary/aromatic N) is 2. The topological polar surface area (TPSA) is 114 Å². The molecule has 2 aliphatic heterocycles. The van der Waals surface area contributed by atoms with E-state index in [1.807, 2.05) is 35.2 Å². The highest BCUT2D eigenvalue weighted by Crippen LogP contribution is 2.38. The van der Waals surface area contributed by atoms with Crippen LogP contribution in [0, 0.1) is 0 Å². The zero-order valence-corrected chi connectivity index (χ0v) is 19.4. The minimum atomic E-state index is -3.65. The van der Waals surface area contributed by atoms with Crippen molar-refractivity contribution in [2.75, 3.05) is 49.5 Å². The summed E-state index contributed by atoms with van der Waals surface area (Å²) in [5, 5.41) is 19.3. The summed E-state index contributed by atoms with van der Waals surface area (Å²) in [5.41, 5.74) is 3.25. The molecule has 1 amide bonds. The van der Waals surface area contributed by atoms with E-state index in [1.165, 1.54) is 0 Å². The summed E-state index contributed by atoms with van der Waals surface area (Å²) in [7, 11) is -3.65. The molecule has 34 heavy (non-hydrogen) atoms. The molecule has 3 aromatic rings. The highest BCUT2D eigenvalue weighted by molar-refractivity contribution is 7.89. The van der Waals surface area contributed by atoms with Crippen LogP contribution in [-0.2, 0) is 16.6 Å². The first-order valence-corrected chi connectivity index (χ1v) is 12.7. The molecule has 0 unspecified atom stereocenters.